The van der Waals surface area contributed by atoms with Crippen LogP contribution in [0.1, 0.15) is 13.3 Å². The highest BCUT2D eigenvalue weighted by atomic mass is 19.4. The van der Waals surface area contributed by atoms with Crippen molar-refractivity contribution in [3.63, 3.8) is 0 Å². The Balaban J connectivity index is 2.23. The molecule has 1 fully saturated rings. The van der Waals surface area contributed by atoms with Gasteiger partial charge in [0.25, 0.3) is 0 Å². The SMILES string of the molecule is CCC(O)CN1CCN(CC(F)(F)F)CC1. The van der Waals surface area contributed by atoms with E-state index in [4.69, 9.17) is 0 Å². The highest BCUT2D eigenvalue weighted by Crippen LogP contribution is 2.17. The van der Waals surface area contributed by atoms with E-state index in [9.17, 15) is 18.3 Å². The van der Waals surface area contributed by atoms with Crippen molar-refractivity contribution in [3.8, 4) is 0 Å². The summed E-state index contributed by atoms with van der Waals surface area (Å²) >= 11 is 0. The standard InChI is InChI=1S/C10H19F3N2O/c1-2-9(16)7-14-3-5-15(6-4-14)8-10(11,12)13/h9,16H,2-8H2,1H3. The lowest BCUT2D eigenvalue weighted by atomic mass is 10.2. The minimum Gasteiger partial charge on any atom is -0.392 e. The number of nitrogens with zero attached hydrogens (tertiary/aromatic N) is 2. The summed E-state index contributed by atoms with van der Waals surface area (Å²) in [7, 11) is 0. The molecular formula is C10H19F3N2O. The lowest BCUT2D eigenvalue weighted by Gasteiger charge is -2.35. The molecule has 0 spiro atoms. The zero-order valence-corrected chi connectivity index (χ0v) is 9.50. The lowest BCUT2D eigenvalue weighted by molar-refractivity contribution is -0.149. The number of rotatable bonds is 4. The second-order valence-electron chi connectivity index (χ2n) is 4.25. The summed E-state index contributed by atoms with van der Waals surface area (Å²) < 4.78 is 36.3. The monoisotopic (exact) mass is 240 g/mol. The average Bonchev–Trinajstić information content (AvgIpc) is 2.18. The Bertz CT molecular complexity index is 203. The Morgan fingerprint density at radius 2 is 1.62 bits per heavy atom. The van der Waals surface area contributed by atoms with E-state index in [1.54, 1.807) is 0 Å². The van der Waals surface area contributed by atoms with Crippen LogP contribution < -0.4 is 0 Å². The third-order valence-corrected chi connectivity index (χ3v) is 2.81. The van der Waals surface area contributed by atoms with Crippen LogP contribution in [-0.2, 0) is 0 Å². The molecule has 3 nitrogen and oxygen atoms in total. The Hall–Kier alpha value is -0.330. The first kappa shape index (κ1) is 13.7. The molecule has 0 amide bonds. The Morgan fingerprint density at radius 1 is 1.12 bits per heavy atom. The molecule has 0 aliphatic carbocycles. The number of β-amino-alcohol motifs (C(OH)–C–C–N with tert-alkyl or cyclic N) is 1. The predicted octanol–water partition coefficient (Wildman–Crippen LogP) is 0.937. The maximum Gasteiger partial charge on any atom is 0.401 e. The summed E-state index contributed by atoms with van der Waals surface area (Å²) in [5.41, 5.74) is 0. The molecule has 0 aromatic carbocycles. The summed E-state index contributed by atoms with van der Waals surface area (Å²) in [6.07, 6.45) is -3.79. The molecule has 1 saturated heterocycles. The molecule has 6 heteroatoms. The number of hydrogen-bond donors (Lipinski definition) is 1. The van der Waals surface area contributed by atoms with Gasteiger partial charge in [-0.1, -0.05) is 6.92 Å². The van der Waals surface area contributed by atoms with Gasteiger partial charge in [0.1, 0.15) is 0 Å². The molecule has 1 aliphatic heterocycles. The van der Waals surface area contributed by atoms with E-state index in [2.05, 4.69) is 0 Å². The van der Waals surface area contributed by atoms with E-state index in [0.717, 1.165) is 0 Å². The van der Waals surface area contributed by atoms with Gasteiger partial charge in [0.05, 0.1) is 12.6 Å². The Kier molecular flexibility index (Phi) is 5.01. The molecule has 16 heavy (non-hydrogen) atoms. The number of halogens is 3. The highest BCUT2D eigenvalue weighted by molar-refractivity contribution is 4.75. The smallest absolute Gasteiger partial charge is 0.392 e. The van der Waals surface area contributed by atoms with Gasteiger partial charge >= 0.3 is 6.18 Å². The van der Waals surface area contributed by atoms with Crippen molar-refractivity contribution < 1.29 is 18.3 Å². The van der Waals surface area contributed by atoms with Gasteiger partial charge in [0.2, 0.25) is 0 Å². The fourth-order valence-electron chi connectivity index (χ4n) is 1.81. The van der Waals surface area contributed by atoms with E-state index >= 15 is 0 Å². The van der Waals surface area contributed by atoms with Gasteiger partial charge in [-0.05, 0) is 6.42 Å². The van der Waals surface area contributed by atoms with Gasteiger partial charge in [-0.25, -0.2) is 0 Å². The van der Waals surface area contributed by atoms with E-state index < -0.39 is 12.7 Å². The molecule has 1 rings (SSSR count). The molecule has 0 aromatic rings. The first-order chi connectivity index (χ1) is 7.40. The van der Waals surface area contributed by atoms with Crippen LogP contribution in [0.5, 0.6) is 0 Å². The van der Waals surface area contributed by atoms with Crippen LogP contribution in [0.4, 0.5) is 13.2 Å². The molecule has 1 atom stereocenters. The van der Waals surface area contributed by atoms with E-state index in [1.165, 1.54) is 4.90 Å². The summed E-state index contributed by atoms with van der Waals surface area (Å²) in [5, 5.41) is 9.43. The van der Waals surface area contributed by atoms with E-state index in [1.807, 2.05) is 11.8 Å². The average molecular weight is 240 g/mol. The van der Waals surface area contributed by atoms with Crippen LogP contribution in [-0.4, -0.2) is 66.5 Å². The summed E-state index contributed by atoms with van der Waals surface area (Å²) in [5.74, 6) is 0. The van der Waals surface area contributed by atoms with Crippen LogP contribution >= 0.6 is 0 Å². The number of aliphatic hydroxyl groups excluding tert-OH is 1. The van der Waals surface area contributed by atoms with Crippen LogP contribution in [0.2, 0.25) is 0 Å². The maximum atomic E-state index is 12.1. The van der Waals surface area contributed by atoms with Crippen molar-refractivity contribution in [2.45, 2.75) is 25.6 Å². The molecule has 0 saturated carbocycles. The number of piperazine rings is 1. The fraction of sp³-hybridized carbons (Fsp3) is 1.00. The maximum absolute atomic E-state index is 12.1. The van der Waals surface area contributed by atoms with Crippen LogP contribution in [0, 0.1) is 0 Å². The van der Waals surface area contributed by atoms with Gasteiger partial charge in [0.15, 0.2) is 0 Å². The van der Waals surface area contributed by atoms with Gasteiger partial charge in [-0.3, -0.25) is 9.80 Å². The Labute approximate surface area is 93.8 Å². The lowest BCUT2D eigenvalue weighted by Crippen LogP contribution is -2.50. The third kappa shape index (κ3) is 5.14. The van der Waals surface area contributed by atoms with Crippen molar-refractivity contribution in [1.82, 2.24) is 9.80 Å². The van der Waals surface area contributed by atoms with Crippen LogP contribution in [0.3, 0.4) is 0 Å². The molecule has 1 heterocycles. The van der Waals surface area contributed by atoms with E-state index in [0.29, 0.717) is 39.1 Å². The van der Waals surface area contributed by atoms with Crippen LogP contribution in [0.15, 0.2) is 0 Å². The number of alkyl halides is 3. The molecular weight excluding hydrogens is 221 g/mol. The normalized spacial score (nSPS) is 22.3. The first-order valence-electron chi connectivity index (χ1n) is 5.60. The molecule has 0 bridgehead atoms. The summed E-state index contributed by atoms with van der Waals surface area (Å²) in [4.78, 5) is 3.43. The van der Waals surface area contributed by atoms with Gasteiger partial charge < -0.3 is 5.11 Å². The van der Waals surface area contributed by atoms with Crippen molar-refractivity contribution in [3.05, 3.63) is 0 Å². The first-order valence-corrected chi connectivity index (χ1v) is 5.60. The molecule has 0 aromatic heterocycles. The molecule has 0 radical (unpaired) electrons. The van der Waals surface area contributed by atoms with Crippen molar-refractivity contribution >= 4 is 0 Å². The zero-order valence-electron chi connectivity index (χ0n) is 9.50. The van der Waals surface area contributed by atoms with Gasteiger partial charge in [0, 0.05) is 32.7 Å². The quantitative estimate of drug-likeness (QED) is 0.792. The van der Waals surface area contributed by atoms with Crippen molar-refractivity contribution in [1.29, 1.82) is 0 Å². The minimum atomic E-state index is -4.11. The Morgan fingerprint density at radius 3 is 2.06 bits per heavy atom. The molecule has 1 N–H and O–H groups in total. The highest BCUT2D eigenvalue weighted by Gasteiger charge is 2.32. The predicted molar refractivity (Wildman–Crippen MR) is 55.2 cm³/mol. The summed E-state index contributed by atoms with van der Waals surface area (Å²) in [6.45, 7) is 3.70. The van der Waals surface area contributed by atoms with E-state index in [-0.39, 0.29) is 6.10 Å². The van der Waals surface area contributed by atoms with Gasteiger partial charge in [-0.15, -0.1) is 0 Å². The zero-order chi connectivity index (χ0) is 12.2. The third-order valence-electron chi connectivity index (χ3n) is 2.81. The van der Waals surface area contributed by atoms with Crippen molar-refractivity contribution in [2.24, 2.45) is 0 Å². The second-order valence-corrected chi connectivity index (χ2v) is 4.25. The number of hydrogen-bond acceptors (Lipinski definition) is 3. The molecule has 96 valence electrons. The molecule has 1 aliphatic rings. The van der Waals surface area contributed by atoms with Crippen molar-refractivity contribution in [2.75, 3.05) is 39.3 Å². The fourth-order valence-corrected chi connectivity index (χ4v) is 1.81. The minimum absolute atomic E-state index is 0.367. The topological polar surface area (TPSA) is 26.7 Å². The van der Waals surface area contributed by atoms with Gasteiger partial charge in [-0.2, -0.15) is 13.2 Å². The second kappa shape index (κ2) is 5.84. The van der Waals surface area contributed by atoms with Crippen LogP contribution in [0.25, 0.3) is 0 Å². The molecule has 1 unspecified atom stereocenters. The largest absolute Gasteiger partial charge is 0.401 e. The summed E-state index contributed by atoms with van der Waals surface area (Å²) in [6, 6.07) is 0. The number of aliphatic hydroxyl groups is 1.